The second-order valence-corrected chi connectivity index (χ2v) is 6.88. The molecule has 1 aliphatic carbocycles. The van der Waals surface area contributed by atoms with Gasteiger partial charge in [-0.25, -0.2) is 0 Å². The molecule has 5 nitrogen and oxygen atoms in total. The van der Waals surface area contributed by atoms with Crippen LogP contribution in [0.15, 0.2) is 0 Å². The van der Waals surface area contributed by atoms with E-state index < -0.39 is 25.7 Å². The average molecular weight is 236 g/mol. The maximum Gasteiger partial charge on any atom is 0.224 e. The fraction of sp³-hybridized carbons (Fsp3) is 1.00. The van der Waals surface area contributed by atoms with Crippen LogP contribution in [0.25, 0.3) is 0 Å². The summed E-state index contributed by atoms with van der Waals surface area (Å²) in [5.41, 5.74) is 0. The SMILES string of the molecule is BC1CC(OCP(C)(=O)OC)C(O)C1O. The van der Waals surface area contributed by atoms with Crippen LogP contribution >= 0.6 is 7.37 Å². The van der Waals surface area contributed by atoms with E-state index in [0.717, 1.165) is 0 Å². The lowest BCUT2D eigenvalue weighted by molar-refractivity contribution is -0.0433. The Labute approximate surface area is 90.6 Å². The van der Waals surface area contributed by atoms with Crippen molar-refractivity contribution in [3.63, 3.8) is 0 Å². The van der Waals surface area contributed by atoms with Crippen molar-refractivity contribution >= 4 is 15.2 Å². The van der Waals surface area contributed by atoms with Crippen molar-refractivity contribution in [1.82, 2.24) is 0 Å². The van der Waals surface area contributed by atoms with E-state index in [0.29, 0.717) is 6.42 Å². The van der Waals surface area contributed by atoms with E-state index in [1.165, 1.54) is 13.8 Å². The van der Waals surface area contributed by atoms with Crippen LogP contribution < -0.4 is 0 Å². The van der Waals surface area contributed by atoms with Crippen molar-refractivity contribution in [3.05, 3.63) is 0 Å². The second kappa shape index (κ2) is 4.98. The van der Waals surface area contributed by atoms with E-state index in [2.05, 4.69) is 0 Å². The molecule has 0 heterocycles. The predicted molar refractivity (Wildman–Crippen MR) is 59.2 cm³/mol. The molecule has 0 spiro atoms. The summed E-state index contributed by atoms with van der Waals surface area (Å²) in [6.45, 7) is 1.48. The monoisotopic (exact) mass is 236 g/mol. The first-order valence-corrected chi connectivity index (χ1v) is 7.23. The first-order valence-electron chi connectivity index (χ1n) is 4.97. The second-order valence-electron chi connectivity index (χ2n) is 4.23. The van der Waals surface area contributed by atoms with Crippen molar-refractivity contribution in [2.45, 2.75) is 30.5 Å². The third kappa shape index (κ3) is 3.29. The average Bonchev–Trinajstić information content (AvgIpc) is 2.43. The van der Waals surface area contributed by atoms with Crippen molar-refractivity contribution in [3.8, 4) is 0 Å². The van der Waals surface area contributed by atoms with Gasteiger partial charge in [-0.1, -0.05) is 0 Å². The molecule has 0 aliphatic heterocycles. The van der Waals surface area contributed by atoms with Gasteiger partial charge in [0.15, 0.2) is 0 Å². The van der Waals surface area contributed by atoms with Gasteiger partial charge in [-0.3, -0.25) is 4.57 Å². The molecule has 0 aromatic carbocycles. The number of hydrogen-bond donors (Lipinski definition) is 2. The highest BCUT2D eigenvalue weighted by Gasteiger charge is 2.40. The highest BCUT2D eigenvalue weighted by molar-refractivity contribution is 7.57. The zero-order valence-corrected chi connectivity index (χ0v) is 10.2. The number of ether oxygens (including phenoxy) is 1. The molecule has 0 aromatic rings. The molecule has 0 amide bonds. The normalized spacial score (nSPS) is 40.3. The van der Waals surface area contributed by atoms with Crippen molar-refractivity contribution in [1.29, 1.82) is 0 Å². The lowest BCUT2D eigenvalue weighted by Gasteiger charge is -2.19. The molecule has 0 saturated heterocycles. The largest absolute Gasteiger partial charge is 0.391 e. The Hall–Kier alpha value is 0.135. The summed E-state index contributed by atoms with van der Waals surface area (Å²) in [5.74, 6) is 0.00351. The maximum absolute atomic E-state index is 11.5. The standard InChI is InChI=1S/C8H18BO5P/c1-13-15(2,12)4-14-6-3-5(9)7(10)8(6)11/h5-8,10-11H,3-4,9H2,1-2H3. The minimum atomic E-state index is -2.71. The molecule has 5 atom stereocenters. The molecule has 5 unspecified atom stereocenters. The summed E-state index contributed by atoms with van der Waals surface area (Å²) in [6.07, 6.45) is -1.54. The molecule has 1 rings (SSSR count). The summed E-state index contributed by atoms with van der Waals surface area (Å²) in [4.78, 5) is 0. The quantitative estimate of drug-likeness (QED) is 0.505. The smallest absolute Gasteiger partial charge is 0.224 e. The Balaban J connectivity index is 2.44. The Morgan fingerprint density at radius 1 is 1.47 bits per heavy atom. The van der Waals surface area contributed by atoms with Gasteiger partial charge >= 0.3 is 0 Å². The van der Waals surface area contributed by atoms with E-state index in [9.17, 15) is 14.8 Å². The molecular weight excluding hydrogens is 218 g/mol. The topological polar surface area (TPSA) is 76.0 Å². The van der Waals surface area contributed by atoms with Gasteiger partial charge in [0.05, 0.1) is 12.2 Å². The van der Waals surface area contributed by atoms with Gasteiger partial charge < -0.3 is 19.5 Å². The summed E-state index contributed by atoms with van der Waals surface area (Å²) in [6, 6.07) is 0. The first kappa shape index (κ1) is 13.2. The van der Waals surface area contributed by atoms with Crippen molar-refractivity contribution < 1.29 is 24.0 Å². The van der Waals surface area contributed by atoms with Crippen LogP contribution in [0.1, 0.15) is 6.42 Å². The molecule has 88 valence electrons. The Kier molecular flexibility index (Phi) is 4.38. The molecule has 0 radical (unpaired) electrons. The lowest BCUT2D eigenvalue weighted by Crippen LogP contribution is -2.31. The Morgan fingerprint density at radius 3 is 2.47 bits per heavy atom. The molecule has 15 heavy (non-hydrogen) atoms. The molecule has 2 N–H and O–H groups in total. The highest BCUT2D eigenvalue weighted by Crippen LogP contribution is 2.43. The van der Waals surface area contributed by atoms with E-state index in [1.807, 2.05) is 7.85 Å². The third-order valence-electron chi connectivity index (χ3n) is 2.83. The van der Waals surface area contributed by atoms with Gasteiger partial charge in [-0.15, -0.1) is 0 Å². The van der Waals surface area contributed by atoms with Gasteiger partial charge in [0, 0.05) is 13.8 Å². The third-order valence-corrected chi connectivity index (χ3v) is 4.22. The van der Waals surface area contributed by atoms with Crippen LogP contribution in [0.4, 0.5) is 0 Å². The van der Waals surface area contributed by atoms with Gasteiger partial charge in [-0.2, -0.15) is 0 Å². The van der Waals surface area contributed by atoms with Crippen LogP contribution in [-0.2, 0) is 13.8 Å². The molecule has 1 fully saturated rings. The van der Waals surface area contributed by atoms with E-state index in [1.54, 1.807) is 0 Å². The summed E-state index contributed by atoms with van der Waals surface area (Å²) in [5, 5.41) is 19.1. The Morgan fingerprint density at radius 2 is 2.07 bits per heavy atom. The lowest BCUT2D eigenvalue weighted by atomic mass is 9.84. The zero-order chi connectivity index (χ0) is 11.6. The minimum Gasteiger partial charge on any atom is -0.391 e. The van der Waals surface area contributed by atoms with Crippen molar-refractivity contribution in [2.24, 2.45) is 0 Å². The maximum atomic E-state index is 11.5. The molecule has 0 bridgehead atoms. The fourth-order valence-electron chi connectivity index (χ4n) is 1.65. The van der Waals surface area contributed by atoms with Crippen LogP contribution in [0, 0.1) is 0 Å². The molecule has 0 aromatic heterocycles. The van der Waals surface area contributed by atoms with Gasteiger partial charge in [0.1, 0.15) is 20.3 Å². The zero-order valence-electron chi connectivity index (χ0n) is 9.29. The number of aliphatic hydroxyl groups excluding tert-OH is 2. The fourth-order valence-corrected chi connectivity index (χ4v) is 2.22. The summed E-state index contributed by atoms with van der Waals surface area (Å²) >= 11 is 0. The summed E-state index contributed by atoms with van der Waals surface area (Å²) < 4.78 is 21.6. The Bertz CT molecular complexity index is 261. The molecule has 1 saturated carbocycles. The number of aliphatic hydroxyl groups is 2. The van der Waals surface area contributed by atoms with Gasteiger partial charge in [0.2, 0.25) is 7.37 Å². The van der Waals surface area contributed by atoms with E-state index >= 15 is 0 Å². The summed E-state index contributed by atoms with van der Waals surface area (Å²) in [7, 11) is 0.507. The first-order chi connectivity index (χ1) is 6.87. The molecular formula is C8H18BO5P. The minimum absolute atomic E-state index is 0.00351. The highest BCUT2D eigenvalue weighted by atomic mass is 31.2. The van der Waals surface area contributed by atoms with Gasteiger partial charge in [0.25, 0.3) is 0 Å². The predicted octanol–water partition coefficient (Wildman–Crippen LogP) is -0.570. The molecule has 7 heteroatoms. The van der Waals surface area contributed by atoms with Crippen LogP contribution in [0.2, 0.25) is 5.82 Å². The number of hydrogen-bond acceptors (Lipinski definition) is 5. The van der Waals surface area contributed by atoms with E-state index in [4.69, 9.17) is 9.26 Å². The van der Waals surface area contributed by atoms with Crippen molar-refractivity contribution in [2.75, 3.05) is 20.1 Å². The van der Waals surface area contributed by atoms with Crippen LogP contribution in [0.5, 0.6) is 0 Å². The van der Waals surface area contributed by atoms with E-state index in [-0.39, 0.29) is 12.2 Å². The number of rotatable bonds is 4. The van der Waals surface area contributed by atoms with Crippen LogP contribution in [-0.4, -0.2) is 56.5 Å². The van der Waals surface area contributed by atoms with Gasteiger partial charge in [-0.05, 0) is 12.2 Å². The molecule has 1 aliphatic rings. The van der Waals surface area contributed by atoms with Crippen LogP contribution in [0.3, 0.4) is 0 Å².